The SMILES string of the molecule is CCOC(=O)C1C(=O)O[C@@H](c2ccccc2)[C@@H]2CN(Cc3ccccc3)C(=O)[C@H]12. The number of hydrogen-bond donors (Lipinski definition) is 0. The van der Waals surface area contributed by atoms with Crippen LogP contribution in [0.2, 0.25) is 0 Å². The van der Waals surface area contributed by atoms with Crippen LogP contribution in [0.15, 0.2) is 60.7 Å². The van der Waals surface area contributed by atoms with Crippen molar-refractivity contribution >= 4 is 17.8 Å². The highest BCUT2D eigenvalue weighted by atomic mass is 16.6. The maximum atomic E-state index is 13.3. The second-order valence-electron chi connectivity index (χ2n) is 7.39. The molecule has 2 aliphatic heterocycles. The molecule has 4 atom stereocenters. The van der Waals surface area contributed by atoms with Crippen LogP contribution in [0.1, 0.15) is 24.2 Å². The average Bonchev–Trinajstić information content (AvgIpc) is 3.05. The number of fused-ring (bicyclic) bond motifs is 1. The summed E-state index contributed by atoms with van der Waals surface area (Å²) in [7, 11) is 0. The third-order valence-corrected chi connectivity index (χ3v) is 5.62. The lowest BCUT2D eigenvalue weighted by molar-refractivity contribution is -0.182. The molecule has 4 rings (SSSR count). The molecule has 2 aliphatic rings. The minimum Gasteiger partial charge on any atom is -0.465 e. The number of hydrogen-bond acceptors (Lipinski definition) is 5. The van der Waals surface area contributed by atoms with Gasteiger partial charge in [-0.2, -0.15) is 0 Å². The summed E-state index contributed by atoms with van der Waals surface area (Å²) in [5.74, 6) is -3.87. The van der Waals surface area contributed by atoms with E-state index < -0.39 is 29.9 Å². The number of cyclic esters (lactones) is 1. The van der Waals surface area contributed by atoms with Gasteiger partial charge in [0.25, 0.3) is 0 Å². The molecule has 1 amide bonds. The molecule has 2 aromatic rings. The van der Waals surface area contributed by atoms with Gasteiger partial charge >= 0.3 is 11.9 Å². The van der Waals surface area contributed by atoms with Crippen LogP contribution < -0.4 is 0 Å². The van der Waals surface area contributed by atoms with E-state index in [1.54, 1.807) is 11.8 Å². The summed E-state index contributed by atoms with van der Waals surface area (Å²) in [5, 5.41) is 0. The zero-order valence-electron chi connectivity index (χ0n) is 16.2. The average molecular weight is 393 g/mol. The lowest BCUT2D eigenvalue weighted by Crippen LogP contribution is -2.46. The van der Waals surface area contributed by atoms with Crippen molar-refractivity contribution in [3.63, 3.8) is 0 Å². The molecular weight excluding hydrogens is 370 g/mol. The number of likely N-dealkylation sites (tertiary alicyclic amines) is 1. The largest absolute Gasteiger partial charge is 0.465 e. The quantitative estimate of drug-likeness (QED) is 0.577. The van der Waals surface area contributed by atoms with Gasteiger partial charge in [0.05, 0.1) is 12.5 Å². The van der Waals surface area contributed by atoms with Crippen molar-refractivity contribution in [1.29, 1.82) is 0 Å². The zero-order valence-corrected chi connectivity index (χ0v) is 16.2. The first-order chi connectivity index (χ1) is 14.1. The van der Waals surface area contributed by atoms with E-state index in [2.05, 4.69) is 0 Å². The van der Waals surface area contributed by atoms with E-state index in [-0.39, 0.29) is 18.4 Å². The maximum absolute atomic E-state index is 13.3. The predicted octanol–water partition coefficient (Wildman–Crippen LogP) is 2.74. The van der Waals surface area contributed by atoms with E-state index in [9.17, 15) is 14.4 Å². The van der Waals surface area contributed by atoms with Crippen LogP contribution in [0.5, 0.6) is 0 Å². The molecule has 0 spiro atoms. The van der Waals surface area contributed by atoms with E-state index in [1.807, 2.05) is 60.7 Å². The highest BCUT2D eigenvalue weighted by Crippen LogP contribution is 2.46. The van der Waals surface area contributed by atoms with Crippen LogP contribution in [-0.4, -0.2) is 35.9 Å². The van der Waals surface area contributed by atoms with Gasteiger partial charge in [0.2, 0.25) is 5.91 Å². The second-order valence-corrected chi connectivity index (χ2v) is 7.39. The summed E-state index contributed by atoms with van der Waals surface area (Å²) >= 11 is 0. The molecule has 0 radical (unpaired) electrons. The number of ether oxygens (including phenoxy) is 2. The Balaban J connectivity index is 1.67. The van der Waals surface area contributed by atoms with Crippen LogP contribution in [0.4, 0.5) is 0 Å². The van der Waals surface area contributed by atoms with E-state index in [1.165, 1.54) is 0 Å². The predicted molar refractivity (Wildman–Crippen MR) is 104 cm³/mol. The fourth-order valence-electron chi connectivity index (χ4n) is 4.34. The molecule has 2 saturated heterocycles. The molecule has 150 valence electrons. The molecule has 0 bridgehead atoms. The van der Waals surface area contributed by atoms with Crippen molar-refractivity contribution in [3.8, 4) is 0 Å². The van der Waals surface area contributed by atoms with Crippen LogP contribution in [0, 0.1) is 17.8 Å². The van der Waals surface area contributed by atoms with Crippen LogP contribution in [0.25, 0.3) is 0 Å². The number of amides is 1. The van der Waals surface area contributed by atoms with Crippen molar-refractivity contribution in [1.82, 2.24) is 4.90 Å². The molecule has 0 aliphatic carbocycles. The van der Waals surface area contributed by atoms with Gasteiger partial charge in [0.15, 0.2) is 5.92 Å². The molecule has 0 N–H and O–H groups in total. The minimum absolute atomic E-state index is 0.143. The maximum Gasteiger partial charge on any atom is 0.321 e. The van der Waals surface area contributed by atoms with E-state index in [4.69, 9.17) is 9.47 Å². The van der Waals surface area contributed by atoms with Crippen molar-refractivity contribution in [2.24, 2.45) is 17.8 Å². The smallest absolute Gasteiger partial charge is 0.321 e. The monoisotopic (exact) mass is 393 g/mol. The molecule has 2 fully saturated rings. The standard InChI is InChI=1S/C23H23NO5/c1-2-28-22(26)19-18-17(20(29-23(19)27)16-11-7-4-8-12-16)14-24(21(18)25)13-15-9-5-3-6-10-15/h3-12,17-20H,2,13-14H2,1H3/t17-,18+,19?,20+/m1/s1. The van der Waals surface area contributed by atoms with Gasteiger partial charge in [-0.25, -0.2) is 0 Å². The Morgan fingerprint density at radius 1 is 1.07 bits per heavy atom. The van der Waals surface area contributed by atoms with Gasteiger partial charge in [0.1, 0.15) is 6.10 Å². The zero-order chi connectivity index (χ0) is 20.4. The third-order valence-electron chi connectivity index (χ3n) is 5.62. The van der Waals surface area contributed by atoms with Crippen LogP contribution in [0.3, 0.4) is 0 Å². The summed E-state index contributed by atoms with van der Waals surface area (Å²) in [6, 6.07) is 19.0. The number of carbonyl (C=O) groups is 3. The molecular formula is C23H23NO5. The van der Waals surface area contributed by atoms with E-state index in [0.717, 1.165) is 11.1 Å². The fraction of sp³-hybridized carbons (Fsp3) is 0.348. The lowest BCUT2D eigenvalue weighted by atomic mass is 9.76. The summed E-state index contributed by atoms with van der Waals surface area (Å²) in [5.41, 5.74) is 1.82. The number of nitrogens with zero attached hydrogens (tertiary/aromatic N) is 1. The van der Waals surface area contributed by atoms with Gasteiger partial charge in [0, 0.05) is 19.0 Å². The van der Waals surface area contributed by atoms with E-state index in [0.29, 0.717) is 13.1 Å². The van der Waals surface area contributed by atoms with Gasteiger partial charge in [-0.15, -0.1) is 0 Å². The first kappa shape index (κ1) is 19.2. The van der Waals surface area contributed by atoms with Crippen LogP contribution >= 0.6 is 0 Å². The number of rotatable bonds is 5. The number of carbonyl (C=O) groups excluding carboxylic acids is 3. The van der Waals surface area contributed by atoms with Crippen molar-refractivity contribution < 1.29 is 23.9 Å². The summed E-state index contributed by atoms with van der Waals surface area (Å²) in [6.07, 6.45) is -0.566. The molecule has 2 aromatic carbocycles. The topological polar surface area (TPSA) is 72.9 Å². The molecule has 29 heavy (non-hydrogen) atoms. The second kappa shape index (κ2) is 8.07. The number of esters is 2. The van der Waals surface area contributed by atoms with Crippen molar-refractivity contribution in [2.45, 2.75) is 19.6 Å². The Labute approximate surface area is 169 Å². The third kappa shape index (κ3) is 3.62. The molecule has 6 nitrogen and oxygen atoms in total. The number of benzene rings is 2. The van der Waals surface area contributed by atoms with Crippen molar-refractivity contribution in [2.75, 3.05) is 13.2 Å². The first-order valence-corrected chi connectivity index (χ1v) is 9.85. The molecule has 0 aromatic heterocycles. The first-order valence-electron chi connectivity index (χ1n) is 9.85. The molecule has 6 heteroatoms. The van der Waals surface area contributed by atoms with Gasteiger partial charge in [-0.05, 0) is 18.1 Å². The summed E-state index contributed by atoms with van der Waals surface area (Å²) < 4.78 is 10.8. The van der Waals surface area contributed by atoms with Crippen molar-refractivity contribution in [3.05, 3.63) is 71.8 Å². The Kier molecular flexibility index (Phi) is 5.34. The Bertz CT molecular complexity index is 898. The van der Waals surface area contributed by atoms with Gasteiger partial charge < -0.3 is 14.4 Å². The fourth-order valence-corrected chi connectivity index (χ4v) is 4.34. The van der Waals surface area contributed by atoms with Gasteiger partial charge in [-0.3, -0.25) is 14.4 Å². The summed E-state index contributed by atoms with van der Waals surface area (Å²) in [6.45, 7) is 2.66. The Morgan fingerprint density at radius 3 is 2.38 bits per heavy atom. The molecule has 2 heterocycles. The minimum atomic E-state index is -1.21. The summed E-state index contributed by atoms with van der Waals surface area (Å²) in [4.78, 5) is 40.3. The molecule has 0 saturated carbocycles. The Hall–Kier alpha value is -3.15. The highest BCUT2D eigenvalue weighted by Gasteiger charge is 2.58. The normalized spacial score (nSPS) is 26.0. The van der Waals surface area contributed by atoms with Crippen LogP contribution in [-0.2, 0) is 30.4 Å². The lowest BCUT2D eigenvalue weighted by Gasteiger charge is -2.35. The van der Waals surface area contributed by atoms with Gasteiger partial charge in [-0.1, -0.05) is 60.7 Å². The molecule has 1 unspecified atom stereocenters. The Morgan fingerprint density at radius 2 is 1.72 bits per heavy atom. The van der Waals surface area contributed by atoms with E-state index >= 15 is 0 Å². The highest BCUT2D eigenvalue weighted by molar-refractivity contribution is 6.01.